The number of nitrogens with two attached hydrogens (primary N) is 1. The maximum atomic E-state index is 12.3. The Bertz CT molecular complexity index is 1060. The third kappa shape index (κ3) is 5.30. The summed E-state index contributed by atoms with van der Waals surface area (Å²) in [6.45, 7) is 3.47. The Labute approximate surface area is 183 Å². The first-order chi connectivity index (χ1) is 14.2. The molecule has 0 spiro atoms. The minimum absolute atomic E-state index is 0.0403. The number of carbonyl (C=O) groups excluding carboxylic acids is 2. The van der Waals surface area contributed by atoms with Gasteiger partial charge in [0.2, 0.25) is 5.89 Å². The largest absolute Gasteiger partial charge is 0.461 e. The molecule has 0 radical (unpaired) electrons. The number of rotatable bonds is 7. The van der Waals surface area contributed by atoms with Gasteiger partial charge < -0.3 is 19.6 Å². The first-order valence-electron chi connectivity index (χ1n) is 9.21. The predicted octanol–water partition coefficient (Wildman–Crippen LogP) is 4.48. The van der Waals surface area contributed by atoms with Crippen LogP contribution in [0, 0.1) is 5.92 Å². The number of fused-ring (bicyclic) bond motifs is 1. The zero-order valence-corrected chi connectivity index (χ0v) is 17.9. The van der Waals surface area contributed by atoms with Gasteiger partial charge in [0.25, 0.3) is 0 Å². The van der Waals surface area contributed by atoms with Gasteiger partial charge in [-0.1, -0.05) is 37.0 Å². The van der Waals surface area contributed by atoms with Crippen LogP contribution >= 0.6 is 23.2 Å². The van der Waals surface area contributed by atoms with E-state index in [9.17, 15) is 9.59 Å². The van der Waals surface area contributed by atoms with Crippen LogP contribution in [0.3, 0.4) is 0 Å². The van der Waals surface area contributed by atoms with E-state index in [2.05, 4.69) is 4.98 Å². The van der Waals surface area contributed by atoms with Gasteiger partial charge in [0.05, 0.1) is 5.56 Å². The highest BCUT2D eigenvalue weighted by molar-refractivity contribution is 6.35. The Morgan fingerprint density at radius 1 is 1.07 bits per heavy atom. The Kier molecular flexibility index (Phi) is 6.97. The predicted molar refractivity (Wildman–Crippen MR) is 114 cm³/mol. The van der Waals surface area contributed by atoms with Crippen molar-refractivity contribution in [2.45, 2.75) is 19.9 Å². The molecule has 0 aliphatic rings. The lowest BCUT2D eigenvalue weighted by atomic mass is 10.1. The highest BCUT2D eigenvalue weighted by atomic mass is 35.5. The van der Waals surface area contributed by atoms with Crippen molar-refractivity contribution in [3.63, 3.8) is 0 Å². The zero-order valence-electron chi connectivity index (χ0n) is 16.4. The van der Waals surface area contributed by atoms with Crippen LogP contribution in [-0.2, 0) is 14.3 Å². The number of hydrogen-bond donors (Lipinski definition) is 1. The fourth-order valence-corrected chi connectivity index (χ4v) is 3.11. The molecule has 0 saturated heterocycles. The van der Waals surface area contributed by atoms with E-state index in [0.29, 0.717) is 32.6 Å². The SMILES string of the molecule is CC(C)[C@H](N)C(=O)OCCOC(=O)c1ccc2nc(-c3cc(Cl)cc(Cl)c3)oc2c1. The lowest BCUT2D eigenvalue weighted by molar-refractivity contribution is -0.147. The van der Waals surface area contributed by atoms with Crippen LogP contribution in [0.15, 0.2) is 40.8 Å². The molecule has 0 amide bonds. The Morgan fingerprint density at radius 3 is 2.40 bits per heavy atom. The minimum Gasteiger partial charge on any atom is -0.461 e. The molecule has 0 unspecified atom stereocenters. The minimum atomic E-state index is -0.710. The zero-order chi connectivity index (χ0) is 21.8. The van der Waals surface area contributed by atoms with Crippen LogP contribution in [-0.4, -0.2) is 36.2 Å². The summed E-state index contributed by atoms with van der Waals surface area (Å²) in [7, 11) is 0. The fourth-order valence-electron chi connectivity index (χ4n) is 2.58. The lowest BCUT2D eigenvalue weighted by Crippen LogP contribution is -2.37. The van der Waals surface area contributed by atoms with E-state index in [1.54, 1.807) is 30.3 Å². The average molecular weight is 451 g/mol. The summed E-state index contributed by atoms with van der Waals surface area (Å²) in [4.78, 5) is 28.3. The van der Waals surface area contributed by atoms with Gasteiger partial charge in [0.1, 0.15) is 24.8 Å². The van der Waals surface area contributed by atoms with E-state index in [0.717, 1.165) is 0 Å². The number of esters is 2. The summed E-state index contributed by atoms with van der Waals surface area (Å²) < 4.78 is 15.9. The molecule has 3 rings (SSSR count). The van der Waals surface area contributed by atoms with E-state index in [4.69, 9.17) is 42.8 Å². The summed E-state index contributed by atoms with van der Waals surface area (Å²) in [5, 5.41) is 0.915. The molecular formula is C21H20Cl2N2O5. The fraction of sp³-hybridized carbons (Fsp3) is 0.286. The number of aromatic nitrogens is 1. The molecule has 7 nitrogen and oxygen atoms in total. The number of carbonyl (C=O) groups is 2. The van der Waals surface area contributed by atoms with Crippen molar-refractivity contribution in [2.24, 2.45) is 11.7 Å². The van der Waals surface area contributed by atoms with E-state index < -0.39 is 18.0 Å². The van der Waals surface area contributed by atoms with Gasteiger partial charge in [0, 0.05) is 15.6 Å². The number of halogens is 2. The molecule has 2 aromatic carbocycles. The maximum Gasteiger partial charge on any atom is 0.338 e. The summed E-state index contributed by atoms with van der Waals surface area (Å²) >= 11 is 12.0. The van der Waals surface area contributed by atoms with E-state index in [-0.39, 0.29) is 24.7 Å². The van der Waals surface area contributed by atoms with E-state index in [1.807, 2.05) is 13.8 Å². The van der Waals surface area contributed by atoms with Gasteiger partial charge in [-0.25, -0.2) is 9.78 Å². The highest BCUT2D eigenvalue weighted by Gasteiger charge is 2.19. The molecule has 0 saturated carbocycles. The monoisotopic (exact) mass is 450 g/mol. The van der Waals surface area contributed by atoms with Crippen molar-refractivity contribution in [3.8, 4) is 11.5 Å². The van der Waals surface area contributed by atoms with Gasteiger partial charge in [-0.05, 0) is 42.3 Å². The summed E-state index contributed by atoms with van der Waals surface area (Å²) in [5.74, 6) is -0.822. The molecule has 158 valence electrons. The van der Waals surface area contributed by atoms with Crippen LogP contribution < -0.4 is 5.73 Å². The van der Waals surface area contributed by atoms with Crippen LogP contribution in [0.25, 0.3) is 22.6 Å². The summed E-state index contributed by atoms with van der Waals surface area (Å²) in [5.41, 5.74) is 7.56. The molecule has 3 aromatic rings. The summed E-state index contributed by atoms with van der Waals surface area (Å²) in [6.07, 6.45) is 0. The molecule has 1 aromatic heterocycles. The number of hydrogen-bond acceptors (Lipinski definition) is 7. The second kappa shape index (κ2) is 9.47. The Hall–Kier alpha value is -2.61. The quantitative estimate of drug-likeness (QED) is 0.417. The molecule has 2 N–H and O–H groups in total. The van der Waals surface area contributed by atoms with Crippen molar-refractivity contribution < 1.29 is 23.5 Å². The van der Waals surface area contributed by atoms with E-state index >= 15 is 0 Å². The molecule has 30 heavy (non-hydrogen) atoms. The van der Waals surface area contributed by atoms with Crippen LogP contribution in [0.5, 0.6) is 0 Å². The number of ether oxygens (including phenoxy) is 2. The molecule has 1 atom stereocenters. The second-order valence-electron chi connectivity index (χ2n) is 6.93. The van der Waals surface area contributed by atoms with Crippen LogP contribution in [0.1, 0.15) is 24.2 Å². The lowest BCUT2D eigenvalue weighted by Gasteiger charge is -2.14. The molecule has 1 heterocycles. The number of benzene rings is 2. The van der Waals surface area contributed by atoms with Crippen molar-refractivity contribution >= 4 is 46.2 Å². The normalized spacial score (nSPS) is 12.2. The summed E-state index contributed by atoms with van der Waals surface area (Å²) in [6, 6.07) is 9.01. The van der Waals surface area contributed by atoms with Gasteiger partial charge in [0.15, 0.2) is 5.58 Å². The van der Waals surface area contributed by atoms with Crippen molar-refractivity contribution in [1.82, 2.24) is 4.98 Å². The van der Waals surface area contributed by atoms with Crippen molar-refractivity contribution in [3.05, 3.63) is 52.0 Å². The molecule has 0 aliphatic carbocycles. The van der Waals surface area contributed by atoms with Gasteiger partial charge >= 0.3 is 11.9 Å². The molecule has 0 fully saturated rings. The van der Waals surface area contributed by atoms with Crippen LogP contribution in [0.4, 0.5) is 0 Å². The van der Waals surface area contributed by atoms with Crippen molar-refractivity contribution in [2.75, 3.05) is 13.2 Å². The number of oxazole rings is 1. The van der Waals surface area contributed by atoms with E-state index in [1.165, 1.54) is 6.07 Å². The molecule has 9 heteroatoms. The maximum absolute atomic E-state index is 12.3. The Morgan fingerprint density at radius 2 is 1.73 bits per heavy atom. The molecule has 0 aliphatic heterocycles. The second-order valence-corrected chi connectivity index (χ2v) is 7.81. The van der Waals surface area contributed by atoms with Crippen LogP contribution in [0.2, 0.25) is 10.0 Å². The average Bonchev–Trinajstić information content (AvgIpc) is 3.12. The number of nitrogens with zero attached hydrogens (tertiary/aromatic N) is 1. The third-order valence-corrected chi connectivity index (χ3v) is 4.72. The standard InChI is InChI=1S/C21H20Cl2N2O5/c1-11(2)18(24)21(27)29-6-5-28-20(26)12-3-4-16-17(9-12)30-19(25-16)13-7-14(22)10-15(23)8-13/h3-4,7-11,18H,5-6,24H2,1-2H3/t18-/m0/s1. The smallest absolute Gasteiger partial charge is 0.338 e. The van der Waals surface area contributed by atoms with Gasteiger partial charge in [-0.2, -0.15) is 0 Å². The highest BCUT2D eigenvalue weighted by Crippen LogP contribution is 2.29. The molecular weight excluding hydrogens is 431 g/mol. The third-order valence-electron chi connectivity index (χ3n) is 4.28. The first-order valence-corrected chi connectivity index (χ1v) is 9.96. The first kappa shape index (κ1) is 22.1. The van der Waals surface area contributed by atoms with Gasteiger partial charge in [-0.15, -0.1) is 0 Å². The topological polar surface area (TPSA) is 105 Å². The van der Waals surface area contributed by atoms with Gasteiger partial charge in [-0.3, -0.25) is 4.79 Å². The molecule has 0 bridgehead atoms. The van der Waals surface area contributed by atoms with Crippen molar-refractivity contribution in [1.29, 1.82) is 0 Å². The Balaban J connectivity index is 1.64.